The zero-order valence-electron chi connectivity index (χ0n) is 10.6. The van der Waals surface area contributed by atoms with Crippen LogP contribution in [0, 0.1) is 0 Å². The van der Waals surface area contributed by atoms with Gasteiger partial charge in [0.25, 0.3) is 0 Å². The summed E-state index contributed by atoms with van der Waals surface area (Å²) in [4.78, 5) is 13.0. The lowest BCUT2D eigenvalue weighted by atomic mass is 10.1. The van der Waals surface area contributed by atoms with E-state index in [-0.39, 0.29) is 12.5 Å². The van der Waals surface area contributed by atoms with E-state index >= 15 is 0 Å². The van der Waals surface area contributed by atoms with E-state index < -0.39 is 0 Å². The van der Waals surface area contributed by atoms with Gasteiger partial charge in [0.2, 0.25) is 5.91 Å². The number of hydrogen-bond acceptors (Lipinski definition) is 3. The van der Waals surface area contributed by atoms with E-state index in [0.717, 1.165) is 16.1 Å². The van der Waals surface area contributed by atoms with Gasteiger partial charge in [0.05, 0.1) is 6.54 Å². The summed E-state index contributed by atoms with van der Waals surface area (Å²) in [7, 11) is 0. The summed E-state index contributed by atoms with van der Waals surface area (Å²) in [6, 6.07) is 11.9. The van der Waals surface area contributed by atoms with Gasteiger partial charge in [-0.25, -0.2) is 0 Å². The smallest absolute Gasteiger partial charge is 0.238 e. The van der Waals surface area contributed by atoms with Gasteiger partial charge < -0.3 is 10.6 Å². The predicted molar refractivity (Wildman–Crippen MR) is 81.5 cm³/mol. The highest BCUT2D eigenvalue weighted by Gasteiger charge is 2.08. The van der Waals surface area contributed by atoms with Gasteiger partial charge in [-0.15, -0.1) is 17.9 Å². The first-order valence-electron chi connectivity index (χ1n) is 6.05. The minimum atomic E-state index is -0.0501. The number of para-hydroxylation sites is 1. The van der Waals surface area contributed by atoms with Crippen LogP contribution in [0.1, 0.15) is 0 Å². The van der Waals surface area contributed by atoms with Crippen LogP contribution in [0.3, 0.4) is 0 Å². The highest BCUT2D eigenvalue weighted by molar-refractivity contribution is 7.13. The van der Waals surface area contributed by atoms with E-state index in [0.29, 0.717) is 6.54 Å². The molecule has 1 amide bonds. The molecule has 1 heterocycles. The average molecular weight is 272 g/mol. The van der Waals surface area contributed by atoms with Crippen molar-refractivity contribution < 1.29 is 4.79 Å². The summed E-state index contributed by atoms with van der Waals surface area (Å²) in [5, 5.41) is 7.94. The summed E-state index contributed by atoms with van der Waals surface area (Å²) in [6.45, 7) is 4.50. The number of benzene rings is 1. The number of anilines is 1. The molecule has 0 aliphatic rings. The Labute approximate surface area is 117 Å². The Kier molecular flexibility index (Phi) is 4.89. The van der Waals surface area contributed by atoms with Gasteiger partial charge in [0.15, 0.2) is 0 Å². The monoisotopic (exact) mass is 272 g/mol. The second kappa shape index (κ2) is 6.87. The Balaban J connectivity index is 2.08. The molecule has 3 nitrogen and oxygen atoms in total. The summed E-state index contributed by atoms with van der Waals surface area (Å²) in [6.07, 6.45) is 1.73. The molecule has 0 atom stereocenters. The lowest BCUT2D eigenvalue weighted by Crippen LogP contribution is -2.28. The minimum absolute atomic E-state index is 0.0501. The molecule has 2 aromatic rings. The lowest BCUT2D eigenvalue weighted by Gasteiger charge is -2.10. The van der Waals surface area contributed by atoms with Crippen molar-refractivity contribution in [2.75, 3.05) is 18.4 Å². The molecule has 1 aromatic carbocycles. The van der Waals surface area contributed by atoms with Crippen molar-refractivity contribution in [3.63, 3.8) is 0 Å². The molecule has 19 heavy (non-hydrogen) atoms. The minimum Gasteiger partial charge on any atom is -0.324 e. The standard InChI is InChI=1S/C15H16N2OS/c1-2-9-16-11-15(18)17-13-7-4-3-6-12(13)14-8-5-10-19-14/h2-8,10,16H,1,9,11H2,(H,17,18). The molecule has 0 unspecified atom stereocenters. The Bertz CT molecular complexity index is 549. The summed E-state index contributed by atoms with van der Waals surface area (Å²) in [5.74, 6) is -0.0501. The molecule has 2 rings (SSSR count). The zero-order valence-corrected chi connectivity index (χ0v) is 11.4. The van der Waals surface area contributed by atoms with E-state index in [2.05, 4.69) is 17.2 Å². The number of nitrogens with one attached hydrogen (secondary N) is 2. The molecule has 0 aliphatic carbocycles. The maximum Gasteiger partial charge on any atom is 0.238 e. The third kappa shape index (κ3) is 3.77. The quantitative estimate of drug-likeness (QED) is 0.626. The fraction of sp³-hybridized carbons (Fsp3) is 0.133. The van der Waals surface area contributed by atoms with Crippen LogP contribution in [0.5, 0.6) is 0 Å². The normalized spacial score (nSPS) is 10.1. The third-order valence-electron chi connectivity index (χ3n) is 2.56. The Morgan fingerprint density at radius 3 is 2.84 bits per heavy atom. The predicted octanol–water partition coefficient (Wildman–Crippen LogP) is 3.13. The number of hydrogen-bond donors (Lipinski definition) is 2. The van der Waals surface area contributed by atoms with E-state index in [4.69, 9.17) is 0 Å². The molecule has 0 fully saturated rings. The molecule has 0 bridgehead atoms. The van der Waals surface area contributed by atoms with Crippen molar-refractivity contribution >= 4 is 22.9 Å². The summed E-state index contributed by atoms with van der Waals surface area (Å²) in [5.41, 5.74) is 1.89. The lowest BCUT2D eigenvalue weighted by molar-refractivity contribution is -0.115. The zero-order chi connectivity index (χ0) is 13.5. The van der Waals surface area contributed by atoms with Crippen LogP contribution in [0.2, 0.25) is 0 Å². The van der Waals surface area contributed by atoms with Gasteiger partial charge in [-0.05, 0) is 17.5 Å². The second-order valence-corrected chi connectivity index (χ2v) is 4.94. The van der Waals surface area contributed by atoms with E-state index in [1.807, 2.05) is 41.8 Å². The van der Waals surface area contributed by atoms with Crippen LogP contribution in [-0.4, -0.2) is 19.0 Å². The number of carbonyl (C=O) groups excluding carboxylic acids is 1. The number of rotatable bonds is 6. The molecule has 2 N–H and O–H groups in total. The van der Waals surface area contributed by atoms with Crippen LogP contribution in [0.15, 0.2) is 54.4 Å². The van der Waals surface area contributed by atoms with E-state index in [1.165, 1.54) is 0 Å². The number of amides is 1. The van der Waals surface area contributed by atoms with Gasteiger partial charge in [0, 0.05) is 22.7 Å². The van der Waals surface area contributed by atoms with Crippen LogP contribution in [0.25, 0.3) is 10.4 Å². The molecule has 0 spiro atoms. The maximum atomic E-state index is 11.8. The largest absolute Gasteiger partial charge is 0.324 e. The Morgan fingerprint density at radius 2 is 2.11 bits per heavy atom. The molecule has 1 aromatic heterocycles. The van der Waals surface area contributed by atoms with Gasteiger partial charge in [-0.2, -0.15) is 0 Å². The second-order valence-electron chi connectivity index (χ2n) is 3.99. The van der Waals surface area contributed by atoms with Crippen LogP contribution >= 0.6 is 11.3 Å². The fourth-order valence-electron chi connectivity index (χ4n) is 1.72. The Hall–Kier alpha value is -1.91. The first-order chi connectivity index (χ1) is 9.31. The molecule has 4 heteroatoms. The topological polar surface area (TPSA) is 41.1 Å². The van der Waals surface area contributed by atoms with Gasteiger partial charge in [-0.3, -0.25) is 4.79 Å². The van der Waals surface area contributed by atoms with Crippen molar-refractivity contribution in [1.29, 1.82) is 0 Å². The highest BCUT2D eigenvalue weighted by atomic mass is 32.1. The van der Waals surface area contributed by atoms with Crippen molar-refractivity contribution in [3.05, 3.63) is 54.4 Å². The number of thiophene rings is 1. The molecular weight excluding hydrogens is 256 g/mol. The van der Waals surface area contributed by atoms with Crippen LogP contribution < -0.4 is 10.6 Å². The van der Waals surface area contributed by atoms with Gasteiger partial charge in [-0.1, -0.05) is 30.3 Å². The highest BCUT2D eigenvalue weighted by Crippen LogP contribution is 2.31. The van der Waals surface area contributed by atoms with E-state index in [9.17, 15) is 4.79 Å². The SMILES string of the molecule is C=CCNCC(=O)Nc1ccccc1-c1cccs1. The molecule has 0 radical (unpaired) electrons. The van der Waals surface area contributed by atoms with Crippen molar-refractivity contribution in [2.24, 2.45) is 0 Å². The average Bonchev–Trinajstić information content (AvgIpc) is 2.93. The summed E-state index contributed by atoms with van der Waals surface area (Å²) < 4.78 is 0. The van der Waals surface area contributed by atoms with Crippen molar-refractivity contribution in [2.45, 2.75) is 0 Å². The molecule has 0 aliphatic heterocycles. The molecule has 0 saturated carbocycles. The van der Waals surface area contributed by atoms with Crippen molar-refractivity contribution in [1.82, 2.24) is 5.32 Å². The van der Waals surface area contributed by atoms with Crippen LogP contribution in [0.4, 0.5) is 5.69 Å². The first kappa shape index (κ1) is 13.5. The summed E-state index contributed by atoms with van der Waals surface area (Å²) >= 11 is 1.66. The molecular formula is C15H16N2OS. The van der Waals surface area contributed by atoms with Crippen LogP contribution in [-0.2, 0) is 4.79 Å². The van der Waals surface area contributed by atoms with Crippen molar-refractivity contribution in [3.8, 4) is 10.4 Å². The first-order valence-corrected chi connectivity index (χ1v) is 6.93. The van der Waals surface area contributed by atoms with E-state index in [1.54, 1.807) is 17.4 Å². The molecule has 98 valence electrons. The Morgan fingerprint density at radius 1 is 1.26 bits per heavy atom. The number of carbonyl (C=O) groups is 1. The fourth-order valence-corrected chi connectivity index (χ4v) is 2.49. The third-order valence-corrected chi connectivity index (χ3v) is 3.47. The van der Waals surface area contributed by atoms with Gasteiger partial charge >= 0.3 is 0 Å². The molecule has 0 saturated heterocycles. The van der Waals surface area contributed by atoms with Gasteiger partial charge in [0.1, 0.15) is 0 Å². The maximum absolute atomic E-state index is 11.8.